The summed E-state index contributed by atoms with van der Waals surface area (Å²) in [6.45, 7) is -1.19. The minimum atomic E-state index is -2.97. The van der Waals surface area contributed by atoms with Gasteiger partial charge in [-0.25, -0.2) is 0 Å². The first-order chi connectivity index (χ1) is 9.86. The highest BCUT2D eigenvalue weighted by atomic mass is 79.9. The molecular formula is C13H12BrF2N3O2. The number of hydrogen-bond acceptors (Lipinski definition) is 3. The van der Waals surface area contributed by atoms with E-state index in [-0.39, 0.29) is 17.1 Å². The van der Waals surface area contributed by atoms with E-state index in [4.69, 9.17) is 0 Å². The van der Waals surface area contributed by atoms with Crippen molar-refractivity contribution in [2.75, 3.05) is 5.32 Å². The summed E-state index contributed by atoms with van der Waals surface area (Å²) in [5, 5.41) is 6.51. The highest BCUT2D eigenvalue weighted by molar-refractivity contribution is 9.10. The third kappa shape index (κ3) is 3.78. The Morgan fingerprint density at radius 2 is 2.19 bits per heavy atom. The molecule has 1 aromatic carbocycles. The largest absolute Gasteiger partial charge is 0.433 e. The van der Waals surface area contributed by atoms with Crippen LogP contribution in [-0.4, -0.2) is 22.3 Å². The zero-order valence-corrected chi connectivity index (χ0v) is 12.8. The maximum Gasteiger partial charge on any atom is 0.387 e. The van der Waals surface area contributed by atoms with Gasteiger partial charge in [0.05, 0.1) is 10.2 Å². The normalized spacial score (nSPS) is 10.8. The van der Waals surface area contributed by atoms with E-state index in [0.717, 1.165) is 5.56 Å². The van der Waals surface area contributed by atoms with Crippen molar-refractivity contribution in [3.05, 3.63) is 40.1 Å². The molecule has 1 amide bonds. The van der Waals surface area contributed by atoms with E-state index in [0.29, 0.717) is 4.47 Å². The number of hydrogen-bond donors (Lipinski definition) is 1. The average Bonchev–Trinajstić information content (AvgIpc) is 2.71. The van der Waals surface area contributed by atoms with Crippen LogP contribution in [0.5, 0.6) is 5.75 Å². The van der Waals surface area contributed by atoms with Gasteiger partial charge >= 0.3 is 6.61 Å². The summed E-state index contributed by atoms with van der Waals surface area (Å²) in [4.78, 5) is 12.1. The molecule has 1 heterocycles. The number of rotatable bonds is 4. The Bertz CT molecular complexity index is 673. The fourth-order valence-corrected chi connectivity index (χ4v) is 2.29. The van der Waals surface area contributed by atoms with Crippen LogP contribution in [-0.2, 0) is 7.05 Å². The minimum absolute atomic E-state index is 0.101. The first-order valence-electron chi connectivity index (χ1n) is 5.93. The Balaban J connectivity index is 2.28. The number of halogens is 3. The van der Waals surface area contributed by atoms with Crippen LogP contribution >= 0.6 is 15.9 Å². The molecule has 0 aliphatic carbocycles. The van der Waals surface area contributed by atoms with Gasteiger partial charge in [0.15, 0.2) is 5.69 Å². The van der Waals surface area contributed by atoms with E-state index in [1.54, 1.807) is 32.3 Å². The Kier molecular flexibility index (Phi) is 4.56. The molecule has 8 heteroatoms. The number of ether oxygens (including phenoxy) is 1. The summed E-state index contributed by atoms with van der Waals surface area (Å²) >= 11 is 3.21. The zero-order valence-electron chi connectivity index (χ0n) is 11.2. The second-order valence-electron chi connectivity index (χ2n) is 4.33. The molecule has 0 radical (unpaired) electrons. The Labute approximate surface area is 128 Å². The van der Waals surface area contributed by atoms with Gasteiger partial charge in [0, 0.05) is 13.2 Å². The van der Waals surface area contributed by atoms with E-state index < -0.39 is 12.5 Å². The number of aryl methyl sites for hydroxylation is 2. The quantitative estimate of drug-likeness (QED) is 0.910. The van der Waals surface area contributed by atoms with Gasteiger partial charge in [-0.1, -0.05) is 6.07 Å². The second-order valence-corrected chi connectivity index (χ2v) is 5.19. The molecule has 0 unspecified atom stereocenters. The highest BCUT2D eigenvalue weighted by Crippen LogP contribution is 2.28. The summed E-state index contributed by atoms with van der Waals surface area (Å²) in [5.74, 6) is -0.622. The van der Waals surface area contributed by atoms with Crippen molar-refractivity contribution < 1.29 is 18.3 Å². The molecular weight excluding hydrogens is 348 g/mol. The maximum absolute atomic E-state index is 12.4. The fraction of sp³-hybridized carbons (Fsp3) is 0.231. The number of nitrogens with zero attached hydrogens (tertiary/aromatic N) is 2. The predicted octanol–water partition coefficient (Wildman–Crippen LogP) is 3.34. The van der Waals surface area contributed by atoms with Crippen LogP contribution in [0, 0.1) is 6.92 Å². The van der Waals surface area contributed by atoms with Gasteiger partial charge in [-0.05, 0) is 40.5 Å². The lowest BCUT2D eigenvalue weighted by Gasteiger charge is -2.12. The van der Waals surface area contributed by atoms with E-state index >= 15 is 0 Å². The smallest absolute Gasteiger partial charge is 0.387 e. The monoisotopic (exact) mass is 359 g/mol. The Morgan fingerprint density at radius 3 is 2.76 bits per heavy atom. The van der Waals surface area contributed by atoms with Crippen LogP contribution in [0.4, 0.5) is 14.5 Å². The van der Waals surface area contributed by atoms with Crippen molar-refractivity contribution in [2.45, 2.75) is 13.5 Å². The first kappa shape index (κ1) is 15.4. The lowest BCUT2D eigenvalue weighted by Crippen LogP contribution is -2.15. The minimum Gasteiger partial charge on any atom is -0.433 e. The van der Waals surface area contributed by atoms with Gasteiger partial charge in [-0.2, -0.15) is 13.9 Å². The van der Waals surface area contributed by atoms with Gasteiger partial charge in [0.2, 0.25) is 0 Å². The molecule has 0 saturated heterocycles. The van der Waals surface area contributed by atoms with Gasteiger partial charge < -0.3 is 10.1 Å². The molecule has 0 atom stereocenters. The van der Waals surface area contributed by atoms with Crippen LogP contribution in [0.2, 0.25) is 0 Å². The number of carbonyl (C=O) groups excluding carboxylic acids is 1. The lowest BCUT2D eigenvalue weighted by atomic mass is 10.2. The third-order valence-electron chi connectivity index (χ3n) is 2.60. The van der Waals surface area contributed by atoms with Crippen molar-refractivity contribution in [3.8, 4) is 5.75 Å². The fourth-order valence-electron chi connectivity index (χ4n) is 1.74. The third-order valence-corrected chi connectivity index (χ3v) is 3.18. The van der Waals surface area contributed by atoms with Crippen LogP contribution in [0.15, 0.2) is 28.9 Å². The average molecular weight is 360 g/mol. The molecule has 2 aromatic rings. The Morgan fingerprint density at radius 1 is 1.48 bits per heavy atom. The summed E-state index contributed by atoms with van der Waals surface area (Å²) in [6.07, 6.45) is 1.61. The number of benzene rings is 1. The van der Waals surface area contributed by atoms with E-state index in [1.165, 1.54) is 10.7 Å². The number of aromatic nitrogens is 2. The number of carbonyl (C=O) groups is 1. The number of nitrogens with one attached hydrogen (secondary N) is 1. The summed E-state index contributed by atoms with van der Waals surface area (Å²) < 4.78 is 31.1. The molecule has 112 valence electrons. The number of amides is 1. The predicted molar refractivity (Wildman–Crippen MR) is 76.7 cm³/mol. The van der Waals surface area contributed by atoms with Crippen LogP contribution in [0.25, 0.3) is 0 Å². The van der Waals surface area contributed by atoms with Crippen molar-refractivity contribution >= 4 is 27.5 Å². The van der Waals surface area contributed by atoms with Crippen molar-refractivity contribution in [1.29, 1.82) is 0 Å². The highest BCUT2D eigenvalue weighted by Gasteiger charge is 2.17. The van der Waals surface area contributed by atoms with Crippen LogP contribution < -0.4 is 10.1 Å². The molecule has 1 N–H and O–H groups in total. The van der Waals surface area contributed by atoms with Crippen molar-refractivity contribution in [1.82, 2.24) is 9.78 Å². The van der Waals surface area contributed by atoms with Gasteiger partial charge in [0.1, 0.15) is 5.75 Å². The Hall–Kier alpha value is -1.96. The molecule has 1 aromatic heterocycles. The molecule has 2 rings (SSSR count). The summed E-state index contributed by atoms with van der Waals surface area (Å²) in [7, 11) is 1.67. The topological polar surface area (TPSA) is 56.1 Å². The molecule has 0 aliphatic rings. The summed E-state index contributed by atoms with van der Waals surface area (Å²) in [5.41, 5.74) is 1.12. The van der Waals surface area contributed by atoms with E-state index in [1.807, 2.05) is 0 Å². The van der Waals surface area contributed by atoms with Crippen LogP contribution in [0.3, 0.4) is 0 Å². The SMILES string of the molecule is Cc1ccc(OC(F)F)c(NC(=O)c2nn(C)cc2Br)c1. The van der Waals surface area contributed by atoms with Gasteiger partial charge in [-0.15, -0.1) is 0 Å². The molecule has 0 fully saturated rings. The first-order valence-corrected chi connectivity index (χ1v) is 6.72. The van der Waals surface area contributed by atoms with E-state index in [9.17, 15) is 13.6 Å². The zero-order chi connectivity index (χ0) is 15.6. The second kappa shape index (κ2) is 6.21. The molecule has 0 aliphatic heterocycles. The maximum atomic E-state index is 12.4. The van der Waals surface area contributed by atoms with Crippen LogP contribution in [0.1, 0.15) is 16.1 Å². The molecule has 5 nitrogen and oxygen atoms in total. The molecule has 21 heavy (non-hydrogen) atoms. The van der Waals surface area contributed by atoms with Crippen molar-refractivity contribution in [2.24, 2.45) is 7.05 Å². The van der Waals surface area contributed by atoms with Gasteiger partial charge in [-0.3, -0.25) is 9.48 Å². The van der Waals surface area contributed by atoms with Crippen molar-refractivity contribution in [3.63, 3.8) is 0 Å². The molecule has 0 spiro atoms. The standard InChI is InChI=1S/C13H12BrF2N3O2/c1-7-3-4-10(21-13(15)16)9(5-7)17-12(20)11-8(14)6-19(2)18-11/h3-6,13H,1-2H3,(H,17,20). The number of alkyl halides is 2. The molecule has 0 bridgehead atoms. The lowest BCUT2D eigenvalue weighted by molar-refractivity contribution is -0.0493. The summed E-state index contributed by atoms with van der Waals surface area (Å²) in [6, 6.07) is 4.54. The van der Waals surface area contributed by atoms with E-state index in [2.05, 4.69) is 31.1 Å². The molecule has 0 saturated carbocycles. The number of anilines is 1. The van der Waals surface area contributed by atoms with Gasteiger partial charge in [0.25, 0.3) is 5.91 Å².